The standard InChI is InChI=1S/C15H15BrO2/c16-14-6-4-5-13(11-14)12-17-9-10-18-15-7-2-1-3-8-15/h1-8,11H,9-10,12H2. The van der Waals surface area contributed by atoms with E-state index in [2.05, 4.69) is 22.0 Å². The third kappa shape index (κ3) is 4.51. The quantitative estimate of drug-likeness (QED) is 0.750. The summed E-state index contributed by atoms with van der Waals surface area (Å²) in [4.78, 5) is 0. The number of hydrogen-bond acceptors (Lipinski definition) is 2. The van der Waals surface area contributed by atoms with E-state index in [4.69, 9.17) is 9.47 Å². The van der Waals surface area contributed by atoms with Gasteiger partial charge in [-0.05, 0) is 29.8 Å². The average Bonchev–Trinajstić information content (AvgIpc) is 2.40. The molecule has 94 valence electrons. The molecule has 0 saturated heterocycles. The molecular formula is C15H15BrO2. The fourth-order valence-electron chi connectivity index (χ4n) is 1.55. The molecule has 0 amide bonds. The zero-order chi connectivity index (χ0) is 12.6. The first-order chi connectivity index (χ1) is 8.84. The van der Waals surface area contributed by atoms with Gasteiger partial charge < -0.3 is 9.47 Å². The number of rotatable bonds is 6. The van der Waals surface area contributed by atoms with Crippen LogP contribution in [0.1, 0.15) is 5.56 Å². The fourth-order valence-corrected chi connectivity index (χ4v) is 2.00. The van der Waals surface area contributed by atoms with E-state index in [1.807, 2.05) is 48.5 Å². The van der Waals surface area contributed by atoms with E-state index in [1.54, 1.807) is 0 Å². The minimum absolute atomic E-state index is 0.567. The molecule has 0 unspecified atom stereocenters. The molecule has 0 saturated carbocycles. The van der Waals surface area contributed by atoms with Gasteiger partial charge in [0.15, 0.2) is 0 Å². The van der Waals surface area contributed by atoms with Crippen LogP contribution in [0.25, 0.3) is 0 Å². The van der Waals surface area contributed by atoms with E-state index in [9.17, 15) is 0 Å². The van der Waals surface area contributed by atoms with E-state index in [-0.39, 0.29) is 0 Å². The fraction of sp³-hybridized carbons (Fsp3) is 0.200. The highest BCUT2D eigenvalue weighted by atomic mass is 79.9. The molecular weight excluding hydrogens is 292 g/mol. The van der Waals surface area contributed by atoms with Crippen LogP contribution in [0.5, 0.6) is 5.75 Å². The summed E-state index contributed by atoms with van der Waals surface area (Å²) in [6, 6.07) is 17.9. The first kappa shape index (κ1) is 13.1. The van der Waals surface area contributed by atoms with Crippen molar-refractivity contribution >= 4 is 15.9 Å². The van der Waals surface area contributed by atoms with Crippen LogP contribution in [0.2, 0.25) is 0 Å². The van der Waals surface area contributed by atoms with Gasteiger partial charge in [0.25, 0.3) is 0 Å². The molecule has 2 rings (SSSR count). The molecule has 0 aliphatic rings. The molecule has 0 radical (unpaired) electrons. The first-order valence-electron chi connectivity index (χ1n) is 5.84. The smallest absolute Gasteiger partial charge is 0.119 e. The zero-order valence-corrected chi connectivity index (χ0v) is 11.6. The molecule has 3 heteroatoms. The average molecular weight is 307 g/mol. The molecule has 0 aliphatic heterocycles. The highest BCUT2D eigenvalue weighted by Gasteiger charge is 1.95. The lowest BCUT2D eigenvalue weighted by molar-refractivity contribution is 0.0889. The summed E-state index contributed by atoms with van der Waals surface area (Å²) < 4.78 is 12.2. The second-order valence-corrected chi connectivity index (χ2v) is 4.76. The van der Waals surface area contributed by atoms with E-state index >= 15 is 0 Å². The Balaban J connectivity index is 1.65. The van der Waals surface area contributed by atoms with E-state index in [0.29, 0.717) is 19.8 Å². The van der Waals surface area contributed by atoms with Gasteiger partial charge in [0.2, 0.25) is 0 Å². The number of benzene rings is 2. The molecule has 0 heterocycles. The normalized spacial score (nSPS) is 10.3. The maximum Gasteiger partial charge on any atom is 0.119 e. The van der Waals surface area contributed by atoms with E-state index in [0.717, 1.165) is 15.8 Å². The number of hydrogen-bond donors (Lipinski definition) is 0. The van der Waals surface area contributed by atoms with Gasteiger partial charge in [-0.15, -0.1) is 0 Å². The topological polar surface area (TPSA) is 18.5 Å². The van der Waals surface area contributed by atoms with Crippen LogP contribution in [-0.2, 0) is 11.3 Å². The lowest BCUT2D eigenvalue weighted by Crippen LogP contribution is -2.06. The highest BCUT2D eigenvalue weighted by Crippen LogP contribution is 2.12. The van der Waals surface area contributed by atoms with Gasteiger partial charge in [0.05, 0.1) is 13.2 Å². The van der Waals surface area contributed by atoms with Gasteiger partial charge in [0, 0.05) is 4.47 Å². The summed E-state index contributed by atoms with van der Waals surface area (Å²) in [5.41, 5.74) is 1.16. The number of halogens is 1. The van der Waals surface area contributed by atoms with Gasteiger partial charge in [-0.2, -0.15) is 0 Å². The number of ether oxygens (including phenoxy) is 2. The molecule has 0 aromatic heterocycles. The third-order valence-corrected chi connectivity index (χ3v) is 2.89. The maximum atomic E-state index is 5.55. The maximum absolute atomic E-state index is 5.55. The van der Waals surface area contributed by atoms with Gasteiger partial charge in [-0.3, -0.25) is 0 Å². The van der Waals surface area contributed by atoms with Crippen molar-refractivity contribution in [2.24, 2.45) is 0 Å². The van der Waals surface area contributed by atoms with Crippen molar-refractivity contribution in [3.8, 4) is 5.75 Å². The third-order valence-electron chi connectivity index (χ3n) is 2.40. The molecule has 0 spiro atoms. The van der Waals surface area contributed by atoms with Gasteiger partial charge >= 0.3 is 0 Å². The van der Waals surface area contributed by atoms with Crippen LogP contribution in [-0.4, -0.2) is 13.2 Å². The molecule has 2 aromatic rings. The molecule has 2 nitrogen and oxygen atoms in total. The second-order valence-electron chi connectivity index (χ2n) is 3.84. The Labute approximate surface area is 116 Å². The molecule has 0 N–H and O–H groups in total. The van der Waals surface area contributed by atoms with Crippen molar-refractivity contribution in [3.63, 3.8) is 0 Å². The van der Waals surface area contributed by atoms with Crippen molar-refractivity contribution in [1.29, 1.82) is 0 Å². The monoisotopic (exact) mass is 306 g/mol. The van der Waals surface area contributed by atoms with Crippen LogP contribution >= 0.6 is 15.9 Å². The minimum atomic E-state index is 0.567. The summed E-state index contributed by atoms with van der Waals surface area (Å²) in [5, 5.41) is 0. The molecule has 2 aromatic carbocycles. The molecule has 0 bridgehead atoms. The lowest BCUT2D eigenvalue weighted by atomic mass is 10.2. The summed E-state index contributed by atoms with van der Waals surface area (Å²) in [7, 11) is 0. The van der Waals surface area contributed by atoms with Crippen LogP contribution in [0.15, 0.2) is 59.1 Å². The summed E-state index contributed by atoms with van der Waals surface area (Å²) in [5.74, 6) is 0.878. The summed E-state index contributed by atoms with van der Waals surface area (Å²) >= 11 is 3.44. The minimum Gasteiger partial charge on any atom is -0.491 e. The van der Waals surface area contributed by atoms with Gasteiger partial charge in [0.1, 0.15) is 12.4 Å². The van der Waals surface area contributed by atoms with Crippen LogP contribution < -0.4 is 4.74 Å². The van der Waals surface area contributed by atoms with E-state index < -0.39 is 0 Å². The Hall–Kier alpha value is -1.32. The van der Waals surface area contributed by atoms with Crippen molar-refractivity contribution in [2.45, 2.75) is 6.61 Å². The summed E-state index contributed by atoms with van der Waals surface area (Å²) in [6.07, 6.45) is 0. The predicted octanol–water partition coefficient (Wildman–Crippen LogP) is 4.04. The van der Waals surface area contributed by atoms with Gasteiger partial charge in [-0.25, -0.2) is 0 Å². The molecule has 18 heavy (non-hydrogen) atoms. The zero-order valence-electron chi connectivity index (χ0n) is 10.0. The molecule has 0 aliphatic carbocycles. The Morgan fingerprint density at radius 2 is 1.72 bits per heavy atom. The number of para-hydroxylation sites is 1. The van der Waals surface area contributed by atoms with E-state index in [1.165, 1.54) is 0 Å². The SMILES string of the molecule is Brc1cccc(COCCOc2ccccc2)c1. The largest absolute Gasteiger partial charge is 0.491 e. The van der Waals surface area contributed by atoms with Crippen LogP contribution in [0.4, 0.5) is 0 Å². The second kappa shape index (κ2) is 7.19. The van der Waals surface area contributed by atoms with Crippen molar-refractivity contribution in [1.82, 2.24) is 0 Å². The highest BCUT2D eigenvalue weighted by molar-refractivity contribution is 9.10. The summed E-state index contributed by atoms with van der Waals surface area (Å²) in [6.45, 7) is 1.76. The molecule has 0 fully saturated rings. The first-order valence-corrected chi connectivity index (χ1v) is 6.64. The van der Waals surface area contributed by atoms with Crippen LogP contribution in [0, 0.1) is 0 Å². The van der Waals surface area contributed by atoms with Crippen LogP contribution in [0.3, 0.4) is 0 Å². The Morgan fingerprint density at radius 3 is 2.50 bits per heavy atom. The Bertz CT molecular complexity index is 471. The molecule has 0 atom stereocenters. The van der Waals surface area contributed by atoms with Crippen molar-refractivity contribution in [3.05, 3.63) is 64.6 Å². The van der Waals surface area contributed by atoms with Gasteiger partial charge in [-0.1, -0.05) is 46.3 Å². The van der Waals surface area contributed by atoms with Crippen molar-refractivity contribution < 1.29 is 9.47 Å². The van der Waals surface area contributed by atoms with Crippen molar-refractivity contribution in [2.75, 3.05) is 13.2 Å². The lowest BCUT2D eigenvalue weighted by Gasteiger charge is -2.07. The Morgan fingerprint density at radius 1 is 0.889 bits per heavy atom. The Kier molecular flexibility index (Phi) is 5.24. The predicted molar refractivity (Wildman–Crippen MR) is 75.7 cm³/mol.